The van der Waals surface area contributed by atoms with Gasteiger partial charge in [-0.3, -0.25) is 9.78 Å². The molecule has 25 heavy (non-hydrogen) atoms. The molecule has 0 saturated carbocycles. The summed E-state index contributed by atoms with van der Waals surface area (Å²) in [6.45, 7) is 3.78. The Morgan fingerprint density at radius 2 is 2.20 bits per heavy atom. The van der Waals surface area contributed by atoms with Crippen LogP contribution >= 0.6 is 0 Å². The van der Waals surface area contributed by atoms with Crippen molar-refractivity contribution >= 4 is 16.9 Å². The Bertz CT molecular complexity index is 907. The average Bonchev–Trinajstić information content (AvgIpc) is 3.05. The van der Waals surface area contributed by atoms with Crippen molar-refractivity contribution in [2.75, 3.05) is 19.7 Å². The molecule has 1 aromatic carbocycles. The number of carbonyl (C=O) groups is 1. The van der Waals surface area contributed by atoms with Crippen molar-refractivity contribution in [2.24, 2.45) is 0 Å². The second kappa shape index (κ2) is 6.60. The average molecular weight is 337 g/mol. The minimum absolute atomic E-state index is 0.0229. The molecule has 0 spiro atoms. The highest BCUT2D eigenvalue weighted by Crippen LogP contribution is 2.22. The third-order valence-electron chi connectivity index (χ3n) is 4.42. The smallest absolute Gasteiger partial charge is 0.244 e. The van der Waals surface area contributed by atoms with Crippen LogP contribution in [-0.2, 0) is 16.1 Å². The van der Waals surface area contributed by atoms with Crippen molar-refractivity contribution in [3.05, 3.63) is 53.9 Å². The van der Waals surface area contributed by atoms with Gasteiger partial charge in [0.1, 0.15) is 18.2 Å². The van der Waals surface area contributed by atoms with Crippen molar-refractivity contribution in [3.63, 3.8) is 0 Å². The third kappa shape index (κ3) is 3.23. The van der Waals surface area contributed by atoms with Crippen LogP contribution in [0.4, 0.5) is 0 Å². The first-order valence-electron chi connectivity index (χ1n) is 8.31. The van der Waals surface area contributed by atoms with Gasteiger partial charge in [-0.2, -0.15) is 0 Å². The number of ether oxygens (including phenoxy) is 1. The number of fused-ring (bicyclic) bond motifs is 1. The first-order chi connectivity index (χ1) is 12.2. The number of benzene rings is 1. The van der Waals surface area contributed by atoms with Crippen molar-refractivity contribution < 1.29 is 9.53 Å². The Labute approximate surface area is 145 Å². The number of carbonyl (C=O) groups excluding carboxylic acids is 1. The number of amides is 1. The van der Waals surface area contributed by atoms with Crippen molar-refractivity contribution in [3.8, 4) is 0 Å². The molecule has 1 amide bonds. The summed E-state index contributed by atoms with van der Waals surface area (Å²) < 4.78 is 7.50. The van der Waals surface area contributed by atoms with Gasteiger partial charge in [-0.05, 0) is 36.8 Å². The normalized spacial score (nSPS) is 17.8. The van der Waals surface area contributed by atoms with Crippen LogP contribution in [0.25, 0.3) is 11.0 Å². The Morgan fingerprint density at radius 3 is 3.08 bits per heavy atom. The molecular formula is C18H19N5O2. The summed E-state index contributed by atoms with van der Waals surface area (Å²) in [6, 6.07) is 11.6. The quantitative estimate of drug-likeness (QED) is 0.728. The highest BCUT2D eigenvalue weighted by molar-refractivity contribution is 5.79. The molecule has 7 heteroatoms. The van der Waals surface area contributed by atoms with Gasteiger partial charge in [0, 0.05) is 18.4 Å². The van der Waals surface area contributed by atoms with E-state index in [1.807, 2.05) is 48.2 Å². The largest absolute Gasteiger partial charge is 0.370 e. The highest BCUT2D eigenvalue weighted by Gasteiger charge is 2.26. The van der Waals surface area contributed by atoms with Crippen LogP contribution in [0.2, 0.25) is 0 Å². The summed E-state index contributed by atoms with van der Waals surface area (Å²) in [5.41, 5.74) is 3.66. The second-order valence-corrected chi connectivity index (χ2v) is 6.17. The summed E-state index contributed by atoms with van der Waals surface area (Å²) in [7, 11) is 0. The number of rotatable bonds is 3. The minimum Gasteiger partial charge on any atom is -0.370 e. The summed E-state index contributed by atoms with van der Waals surface area (Å²) in [5.74, 6) is 0.0229. The fourth-order valence-corrected chi connectivity index (χ4v) is 3.11. The van der Waals surface area contributed by atoms with E-state index >= 15 is 0 Å². The van der Waals surface area contributed by atoms with Crippen molar-refractivity contribution in [2.45, 2.75) is 19.6 Å². The van der Waals surface area contributed by atoms with Gasteiger partial charge in [-0.1, -0.05) is 17.3 Å². The molecule has 128 valence electrons. The molecule has 7 nitrogen and oxygen atoms in total. The Morgan fingerprint density at radius 1 is 1.32 bits per heavy atom. The number of hydrogen-bond donors (Lipinski definition) is 0. The topological polar surface area (TPSA) is 73.1 Å². The molecule has 0 N–H and O–H groups in total. The van der Waals surface area contributed by atoms with Gasteiger partial charge < -0.3 is 9.64 Å². The summed E-state index contributed by atoms with van der Waals surface area (Å²) in [4.78, 5) is 18.8. The van der Waals surface area contributed by atoms with Crippen LogP contribution in [0.1, 0.15) is 17.4 Å². The zero-order valence-corrected chi connectivity index (χ0v) is 14.0. The van der Waals surface area contributed by atoms with Crippen LogP contribution < -0.4 is 0 Å². The SMILES string of the molecule is Cc1cc([C@H]2CN(C(=O)Cn3nnc4ccccc43)CCO2)ccn1. The fraction of sp³-hybridized carbons (Fsp3) is 0.333. The van der Waals surface area contributed by atoms with E-state index in [1.165, 1.54) is 0 Å². The maximum absolute atomic E-state index is 12.7. The third-order valence-corrected chi connectivity index (χ3v) is 4.42. The Kier molecular flexibility index (Phi) is 4.15. The van der Waals surface area contributed by atoms with Crippen LogP contribution in [0, 0.1) is 6.92 Å². The van der Waals surface area contributed by atoms with Crippen LogP contribution in [0.3, 0.4) is 0 Å². The molecule has 4 rings (SSSR count). The van der Waals surface area contributed by atoms with E-state index in [0.29, 0.717) is 19.7 Å². The number of pyridine rings is 1. The standard InChI is InChI=1S/C18H19N5O2/c1-13-10-14(6-7-19-13)17-11-22(8-9-25-17)18(24)12-23-16-5-3-2-4-15(16)20-21-23/h2-7,10,17H,8-9,11-12H2,1H3/t17-/m1/s1. The van der Waals surface area contributed by atoms with Gasteiger partial charge in [0.15, 0.2) is 0 Å². The molecule has 1 saturated heterocycles. The monoisotopic (exact) mass is 337 g/mol. The van der Waals surface area contributed by atoms with E-state index in [2.05, 4.69) is 15.3 Å². The molecule has 0 unspecified atom stereocenters. The number of aryl methyl sites for hydroxylation is 1. The minimum atomic E-state index is -0.119. The number of para-hydroxylation sites is 1. The summed E-state index contributed by atoms with van der Waals surface area (Å²) in [6.07, 6.45) is 1.66. The zero-order valence-electron chi connectivity index (χ0n) is 14.0. The van der Waals surface area contributed by atoms with Gasteiger partial charge in [-0.15, -0.1) is 5.10 Å². The molecule has 0 bridgehead atoms. The molecule has 1 aliphatic heterocycles. The van der Waals surface area contributed by atoms with E-state index in [0.717, 1.165) is 22.3 Å². The number of nitrogens with zero attached hydrogens (tertiary/aromatic N) is 5. The van der Waals surface area contributed by atoms with Crippen LogP contribution in [0.5, 0.6) is 0 Å². The lowest BCUT2D eigenvalue weighted by atomic mass is 10.1. The number of aromatic nitrogens is 4. The maximum atomic E-state index is 12.7. The van der Waals surface area contributed by atoms with Crippen LogP contribution in [-0.4, -0.2) is 50.5 Å². The van der Waals surface area contributed by atoms with E-state index in [1.54, 1.807) is 10.9 Å². The molecule has 2 aromatic heterocycles. The fourth-order valence-electron chi connectivity index (χ4n) is 3.11. The lowest BCUT2D eigenvalue weighted by Crippen LogP contribution is -2.43. The molecule has 0 aliphatic carbocycles. The predicted molar refractivity (Wildman–Crippen MR) is 91.8 cm³/mol. The lowest BCUT2D eigenvalue weighted by molar-refractivity contribution is -0.139. The highest BCUT2D eigenvalue weighted by atomic mass is 16.5. The Hall–Kier alpha value is -2.80. The molecule has 3 aromatic rings. The van der Waals surface area contributed by atoms with E-state index in [-0.39, 0.29) is 18.6 Å². The molecule has 0 radical (unpaired) electrons. The maximum Gasteiger partial charge on any atom is 0.244 e. The van der Waals surface area contributed by atoms with E-state index in [4.69, 9.17) is 4.74 Å². The molecule has 1 atom stereocenters. The zero-order chi connectivity index (χ0) is 17.2. The van der Waals surface area contributed by atoms with Gasteiger partial charge in [0.25, 0.3) is 0 Å². The summed E-state index contributed by atoms with van der Waals surface area (Å²) >= 11 is 0. The first kappa shape index (κ1) is 15.7. The number of morpholine rings is 1. The van der Waals surface area contributed by atoms with Crippen molar-refractivity contribution in [1.29, 1.82) is 0 Å². The van der Waals surface area contributed by atoms with Gasteiger partial charge in [0.2, 0.25) is 5.91 Å². The second-order valence-electron chi connectivity index (χ2n) is 6.17. The van der Waals surface area contributed by atoms with Crippen LogP contribution in [0.15, 0.2) is 42.6 Å². The van der Waals surface area contributed by atoms with E-state index in [9.17, 15) is 4.79 Å². The van der Waals surface area contributed by atoms with Gasteiger partial charge in [-0.25, -0.2) is 4.68 Å². The Balaban J connectivity index is 1.48. The van der Waals surface area contributed by atoms with Crippen molar-refractivity contribution in [1.82, 2.24) is 24.9 Å². The molecule has 3 heterocycles. The summed E-state index contributed by atoms with van der Waals surface area (Å²) in [5, 5.41) is 8.20. The molecule has 1 fully saturated rings. The first-order valence-corrected chi connectivity index (χ1v) is 8.31. The predicted octanol–water partition coefficient (Wildman–Crippen LogP) is 1.73. The molecular weight excluding hydrogens is 318 g/mol. The van der Waals surface area contributed by atoms with Gasteiger partial charge >= 0.3 is 0 Å². The number of hydrogen-bond acceptors (Lipinski definition) is 5. The molecule has 1 aliphatic rings. The van der Waals surface area contributed by atoms with E-state index < -0.39 is 0 Å². The van der Waals surface area contributed by atoms with Gasteiger partial charge in [0.05, 0.1) is 18.7 Å². The lowest BCUT2D eigenvalue weighted by Gasteiger charge is -2.33.